The summed E-state index contributed by atoms with van der Waals surface area (Å²) >= 11 is 0. The van der Waals surface area contributed by atoms with Crippen LogP contribution in [0, 0.1) is 0 Å². The second kappa shape index (κ2) is 5.60. The molecule has 0 fully saturated rings. The number of carbonyl (C=O) groups is 2. The van der Waals surface area contributed by atoms with Crippen LogP contribution in [-0.4, -0.2) is 27.9 Å². The highest BCUT2D eigenvalue weighted by molar-refractivity contribution is 5.81. The zero-order valence-corrected chi connectivity index (χ0v) is 11.0. The molecule has 0 saturated carbocycles. The van der Waals surface area contributed by atoms with Gasteiger partial charge in [-0.25, -0.2) is 9.59 Å². The third-order valence-electron chi connectivity index (χ3n) is 2.11. The molecule has 0 spiro atoms. The minimum absolute atomic E-state index is 0.0743. The number of ether oxygens (including phenoxy) is 1. The van der Waals surface area contributed by atoms with Crippen molar-refractivity contribution in [2.45, 2.75) is 32.4 Å². The van der Waals surface area contributed by atoms with Crippen LogP contribution in [0.3, 0.4) is 0 Å². The van der Waals surface area contributed by atoms with Crippen LogP contribution in [0.4, 0.5) is 4.79 Å². The number of hydrogen-bond acceptors (Lipinski definition) is 4. The lowest BCUT2D eigenvalue weighted by Gasteiger charge is -2.22. The lowest BCUT2D eigenvalue weighted by molar-refractivity contribution is -0.139. The normalized spacial score (nSPS) is 12.6. The molecule has 1 aromatic carbocycles. The van der Waals surface area contributed by atoms with E-state index in [0.29, 0.717) is 0 Å². The molecule has 104 valence electrons. The number of carbonyl (C=O) groups excluding carboxylic acids is 1. The molecule has 1 amide bonds. The quantitative estimate of drug-likeness (QED) is 0.778. The van der Waals surface area contributed by atoms with Crippen LogP contribution >= 0.6 is 0 Å². The maximum Gasteiger partial charge on any atom is 0.408 e. The van der Waals surface area contributed by atoms with Gasteiger partial charge in [0.1, 0.15) is 11.4 Å². The van der Waals surface area contributed by atoms with Crippen molar-refractivity contribution in [3.63, 3.8) is 0 Å². The molecule has 6 heteroatoms. The molecule has 6 nitrogen and oxygen atoms in total. The summed E-state index contributed by atoms with van der Waals surface area (Å²) < 4.78 is 4.99. The van der Waals surface area contributed by atoms with Crippen LogP contribution in [0.5, 0.6) is 5.75 Å². The Kier molecular flexibility index (Phi) is 4.37. The van der Waals surface area contributed by atoms with E-state index in [9.17, 15) is 14.7 Å². The Labute approximate surface area is 111 Å². The summed E-state index contributed by atoms with van der Waals surface area (Å²) in [4.78, 5) is 22.7. The zero-order chi connectivity index (χ0) is 14.6. The van der Waals surface area contributed by atoms with Crippen molar-refractivity contribution < 1.29 is 24.5 Å². The molecular weight excluding hydrogens is 250 g/mol. The van der Waals surface area contributed by atoms with Gasteiger partial charge in [0.2, 0.25) is 0 Å². The predicted octanol–water partition coefficient (Wildman–Crippen LogP) is 2.04. The molecule has 0 saturated heterocycles. The van der Waals surface area contributed by atoms with E-state index in [0.717, 1.165) is 0 Å². The molecule has 1 rings (SSSR count). The highest BCUT2D eigenvalue weighted by Crippen LogP contribution is 2.19. The Balaban J connectivity index is 2.85. The average Bonchev–Trinajstić information content (AvgIpc) is 2.23. The van der Waals surface area contributed by atoms with Gasteiger partial charge in [0.15, 0.2) is 6.04 Å². The molecule has 0 aliphatic carbocycles. The fourth-order valence-electron chi connectivity index (χ4n) is 1.42. The van der Waals surface area contributed by atoms with E-state index >= 15 is 0 Å². The topological polar surface area (TPSA) is 95.9 Å². The molecule has 0 aliphatic rings. The smallest absolute Gasteiger partial charge is 0.408 e. The third-order valence-corrected chi connectivity index (χ3v) is 2.11. The number of phenolic OH excluding ortho intramolecular Hbond substituents is 1. The number of hydrogen-bond donors (Lipinski definition) is 3. The van der Waals surface area contributed by atoms with E-state index in [-0.39, 0.29) is 11.3 Å². The van der Waals surface area contributed by atoms with E-state index in [2.05, 4.69) is 5.32 Å². The first kappa shape index (κ1) is 14.8. The average molecular weight is 267 g/mol. The van der Waals surface area contributed by atoms with Crippen LogP contribution in [0.25, 0.3) is 0 Å². The highest BCUT2D eigenvalue weighted by Gasteiger charge is 2.25. The minimum Gasteiger partial charge on any atom is -0.508 e. The van der Waals surface area contributed by atoms with E-state index in [1.807, 2.05) is 0 Å². The van der Waals surface area contributed by atoms with Gasteiger partial charge < -0.3 is 20.3 Å². The Bertz CT molecular complexity index is 478. The van der Waals surface area contributed by atoms with Crippen LogP contribution in [-0.2, 0) is 9.53 Å². The zero-order valence-electron chi connectivity index (χ0n) is 11.0. The van der Waals surface area contributed by atoms with Crippen LogP contribution in [0.15, 0.2) is 24.3 Å². The fourth-order valence-corrected chi connectivity index (χ4v) is 1.42. The minimum atomic E-state index is -1.28. The number of amides is 1. The Hall–Kier alpha value is -2.24. The molecule has 0 radical (unpaired) electrons. The van der Waals surface area contributed by atoms with Gasteiger partial charge in [-0.3, -0.25) is 0 Å². The third kappa shape index (κ3) is 4.87. The number of nitrogens with one attached hydrogen (secondary N) is 1. The van der Waals surface area contributed by atoms with Crippen molar-refractivity contribution in [2.24, 2.45) is 0 Å². The summed E-state index contributed by atoms with van der Waals surface area (Å²) in [5, 5.41) is 20.7. The number of aromatic hydroxyl groups is 1. The van der Waals surface area contributed by atoms with Gasteiger partial charge in [-0.05, 0) is 38.5 Å². The second-order valence-corrected chi connectivity index (χ2v) is 5.01. The van der Waals surface area contributed by atoms with Gasteiger partial charge >= 0.3 is 12.1 Å². The largest absolute Gasteiger partial charge is 0.508 e. The van der Waals surface area contributed by atoms with Crippen molar-refractivity contribution in [1.82, 2.24) is 5.32 Å². The summed E-state index contributed by atoms with van der Waals surface area (Å²) in [7, 11) is 0. The molecule has 0 bridgehead atoms. The number of carboxylic acids is 1. The van der Waals surface area contributed by atoms with Gasteiger partial charge in [-0.15, -0.1) is 0 Å². The number of aliphatic carboxylic acids is 1. The summed E-state index contributed by atoms with van der Waals surface area (Å²) in [6.07, 6.45) is -0.830. The van der Waals surface area contributed by atoms with Crippen LogP contribution in [0.1, 0.15) is 32.4 Å². The molecule has 0 heterocycles. The first-order valence-electron chi connectivity index (χ1n) is 5.70. The Morgan fingerprint density at radius 2 is 1.95 bits per heavy atom. The Morgan fingerprint density at radius 1 is 1.32 bits per heavy atom. The summed E-state index contributed by atoms with van der Waals surface area (Å²) in [6.45, 7) is 5.03. The molecule has 0 unspecified atom stereocenters. The number of alkyl carbamates (subject to hydrolysis) is 1. The number of benzene rings is 1. The number of phenols is 1. The van der Waals surface area contributed by atoms with Crippen molar-refractivity contribution in [3.05, 3.63) is 29.8 Å². The summed E-state index contributed by atoms with van der Waals surface area (Å²) in [6, 6.07) is 4.40. The predicted molar refractivity (Wildman–Crippen MR) is 67.9 cm³/mol. The summed E-state index contributed by atoms with van der Waals surface area (Å²) in [5.74, 6) is -1.31. The van der Waals surface area contributed by atoms with Crippen molar-refractivity contribution in [2.75, 3.05) is 0 Å². The summed E-state index contributed by atoms with van der Waals surface area (Å²) in [5.41, 5.74) is -0.454. The molecule has 0 aliphatic heterocycles. The molecule has 1 aromatic rings. The second-order valence-electron chi connectivity index (χ2n) is 5.01. The molecule has 19 heavy (non-hydrogen) atoms. The SMILES string of the molecule is CC(C)(C)OC(=O)N[C@H](C(=O)O)c1cccc(O)c1. The first-order valence-corrected chi connectivity index (χ1v) is 5.70. The molecular formula is C13H17NO5. The standard InChI is InChI=1S/C13H17NO5/c1-13(2,3)19-12(18)14-10(11(16)17)8-5-4-6-9(15)7-8/h4-7,10,15H,1-3H3,(H,14,18)(H,16,17)/t10-/m0/s1. The van der Waals surface area contributed by atoms with Crippen molar-refractivity contribution in [3.8, 4) is 5.75 Å². The maximum absolute atomic E-state index is 11.6. The van der Waals surface area contributed by atoms with E-state index in [1.165, 1.54) is 24.3 Å². The van der Waals surface area contributed by atoms with Gasteiger partial charge in [0.25, 0.3) is 0 Å². The number of carboxylic acid groups (broad SMARTS) is 1. The monoisotopic (exact) mass is 267 g/mol. The van der Waals surface area contributed by atoms with Gasteiger partial charge in [0.05, 0.1) is 0 Å². The van der Waals surface area contributed by atoms with E-state index in [4.69, 9.17) is 9.84 Å². The number of rotatable bonds is 3. The fraction of sp³-hybridized carbons (Fsp3) is 0.385. The highest BCUT2D eigenvalue weighted by atomic mass is 16.6. The van der Waals surface area contributed by atoms with Gasteiger partial charge in [0, 0.05) is 0 Å². The molecule has 0 aromatic heterocycles. The van der Waals surface area contributed by atoms with Gasteiger partial charge in [-0.2, -0.15) is 0 Å². The van der Waals surface area contributed by atoms with Crippen LogP contribution < -0.4 is 5.32 Å². The lowest BCUT2D eigenvalue weighted by Crippen LogP contribution is -2.38. The molecule has 1 atom stereocenters. The van der Waals surface area contributed by atoms with Gasteiger partial charge in [-0.1, -0.05) is 12.1 Å². The van der Waals surface area contributed by atoms with Crippen LogP contribution in [0.2, 0.25) is 0 Å². The van der Waals surface area contributed by atoms with Crippen molar-refractivity contribution in [1.29, 1.82) is 0 Å². The van der Waals surface area contributed by atoms with E-state index in [1.54, 1.807) is 20.8 Å². The maximum atomic E-state index is 11.6. The first-order chi connectivity index (χ1) is 8.69. The lowest BCUT2D eigenvalue weighted by atomic mass is 10.1. The Morgan fingerprint density at radius 3 is 2.42 bits per heavy atom. The van der Waals surface area contributed by atoms with E-state index < -0.39 is 23.7 Å². The van der Waals surface area contributed by atoms with Crippen molar-refractivity contribution >= 4 is 12.1 Å². The molecule has 3 N–H and O–H groups in total.